The van der Waals surface area contributed by atoms with Crippen molar-refractivity contribution in [1.29, 1.82) is 10.5 Å². The number of nitrogens with zero attached hydrogens (tertiary/aromatic N) is 3. The Balaban J connectivity index is 2.81. The number of nitriles is 2. The van der Waals surface area contributed by atoms with Crippen LogP contribution >= 0.6 is 0 Å². The molecular weight excluding hydrogens is 287 g/mol. The number of benzene rings is 1. The Morgan fingerprint density at radius 1 is 1.23 bits per heavy atom. The van der Waals surface area contributed by atoms with E-state index in [0.717, 1.165) is 0 Å². The molecule has 0 unspecified atom stereocenters. The van der Waals surface area contributed by atoms with Crippen molar-refractivity contribution in [2.75, 3.05) is 18.9 Å². The zero-order valence-corrected chi connectivity index (χ0v) is 11.4. The number of ether oxygens (including phenoxy) is 1. The van der Waals surface area contributed by atoms with E-state index in [1.54, 1.807) is 6.07 Å². The van der Waals surface area contributed by atoms with Crippen LogP contribution in [0, 0.1) is 28.5 Å². The van der Waals surface area contributed by atoms with Crippen LogP contribution in [-0.4, -0.2) is 23.3 Å². The number of rotatable bonds is 4. The minimum absolute atomic E-state index is 0.0311. The molecule has 0 fully saturated rings. The van der Waals surface area contributed by atoms with Gasteiger partial charge in [-0.3, -0.25) is 0 Å². The van der Waals surface area contributed by atoms with E-state index in [9.17, 15) is 14.9 Å². The molecule has 0 saturated carbocycles. The predicted molar refractivity (Wildman–Crippen MR) is 76.1 cm³/mol. The van der Waals surface area contributed by atoms with Gasteiger partial charge in [-0.05, 0) is 6.07 Å². The highest BCUT2D eigenvalue weighted by Gasteiger charge is 2.22. The molecule has 2 aromatic rings. The molecule has 7 heteroatoms. The van der Waals surface area contributed by atoms with E-state index in [2.05, 4.69) is 4.98 Å². The van der Waals surface area contributed by atoms with Crippen LogP contribution < -0.4 is 10.5 Å². The van der Waals surface area contributed by atoms with Gasteiger partial charge in [-0.1, -0.05) is 18.2 Å². The second kappa shape index (κ2) is 6.53. The average molecular weight is 298 g/mol. The van der Waals surface area contributed by atoms with Crippen LogP contribution in [0.25, 0.3) is 11.1 Å². The zero-order chi connectivity index (χ0) is 16.1. The van der Waals surface area contributed by atoms with Gasteiger partial charge in [-0.25, -0.2) is 4.39 Å². The molecule has 2 rings (SSSR count). The lowest BCUT2D eigenvalue weighted by molar-refractivity contribution is 0.196. The Bertz CT molecular complexity index is 793. The van der Waals surface area contributed by atoms with Crippen molar-refractivity contribution in [3.05, 3.63) is 41.2 Å². The summed E-state index contributed by atoms with van der Waals surface area (Å²) in [4.78, 5) is 3.85. The summed E-state index contributed by atoms with van der Waals surface area (Å²) in [7, 11) is 0. The summed E-state index contributed by atoms with van der Waals surface area (Å²) in [5.74, 6) is -0.923. The summed E-state index contributed by atoms with van der Waals surface area (Å²) in [6.45, 7) is -0.398. The third-order valence-corrected chi connectivity index (χ3v) is 2.89. The van der Waals surface area contributed by atoms with Gasteiger partial charge < -0.3 is 15.6 Å². The summed E-state index contributed by atoms with van der Waals surface area (Å²) in [6.07, 6.45) is 0. The molecule has 0 saturated heterocycles. The molecule has 0 aliphatic carbocycles. The van der Waals surface area contributed by atoms with E-state index < -0.39 is 5.82 Å². The number of aromatic nitrogens is 1. The van der Waals surface area contributed by atoms with Crippen LogP contribution in [0.3, 0.4) is 0 Å². The van der Waals surface area contributed by atoms with Gasteiger partial charge in [-0.2, -0.15) is 15.5 Å². The van der Waals surface area contributed by atoms with E-state index in [1.165, 1.54) is 18.2 Å². The monoisotopic (exact) mass is 298 g/mol. The van der Waals surface area contributed by atoms with E-state index in [-0.39, 0.29) is 47.2 Å². The first kappa shape index (κ1) is 15.2. The van der Waals surface area contributed by atoms with Crippen molar-refractivity contribution in [1.82, 2.24) is 4.98 Å². The molecule has 0 radical (unpaired) electrons. The SMILES string of the molecule is N#Cc1c(N)nc(OCCO)c(C#N)c1-c1ccccc1F. The van der Waals surface area contributed by atoms with Gasteiger partial charge in [0.1, 0.15) is 41.5 Å². The third-order valence-electron chi connectivity index (χ3n) is 2.89. The fraction of sp³-hybridized carbons (Fsp3) is 0.133. The van der Waals surface area contributed by atoms with Crippen LogP contribution in [0.15, 0.2) is 24.3 Å². The number of hydrogen-bond donors (Lipinski definition) is 2. The first-order chi connectivity index (χ1) is 10.6. The summed E-state index contributed by atoms with van der Waals surface area (Å²) >= 11 is 0. The van der Waals surface area contributed by atoms with Crippen LogP contribution in [0.2, 0.25) is 0 Å². The normalized spacial score (nSPS) is 9.82. The smallest absolute Gasteiger partial charge is 0.234 e. The lowest BCUT2D eigenvalue weighted by Gasteiger charge is -2.13. The molecule has 6 nitrogen and oxygen atoms in total. The molecule has 1 aromatic carbocycles. The molecule has 110 valence electrons. The molecule has 0 aliphatic heterocycles. The topological polar surface area (TPSA) is 116 Å². The Hall–Kier alpha value is -3.16. The summed E-state index contributed by atoms with van der Waals surface area (Å²) in [6, 6.07) is 9.40. The molecule has 1 aromatic heterocycles. The largest absolute Gasteiger partial charge is 0.474 e. The Labute approximate surface area is 125 Å². The van der Waals surface area contributed by atoms with Crippen LogP contribution in [0.4, 0.5) is 10.2 Å². The first-order valence-electron chi connectivity index (χ1n) is 6.26. The van der Waals surface area contributed by atoms with Crippen LogP contribution in [-0.2, 0) is 0 Å². The second-order valence-electron chi connectivity index (χ2n) is 4.20. The predicted octanol–water partition coefficient (Wildman–Crippen LogP) is 1.58. The zero-order valence-electron chi connectivity index (χ0n) is 11.4. The van der Waals surface area contributed by atoms with Crippen molar-refractivity contribution < 1.29 is 14.2 Å². The highest BCUT2D eigenvalue weighted by atomic mass is 19.1. The number of hydrogen-bond acceptors (Lipinski definition) is 6. The fourth-order valence-corrected chi connectivity index (χ4v) is 1.98. The van der Waals surface area contributed by atoms with Gasteiger partial charge in [0.25, 0.3) is 0 Å². The number of aliphatic hydroxyl groups is 1. The highest BCUT2D eigenvalue weighted by Crippen LogP contribution is 2.36. The van der Waals surface area contributed by atoms with E-state index in [0.29, 0.717) is 0 Å². The number of nitrogens with two attached hydrogens (primary N) is 1. The van der Waals surface area contributed by atoms with Crippen molar-refractivity contribution in [3.8, 4) is 29.1 Å². The number of aliphatic hydroxyl groups excluding tert-OH is 1. The highest BCUT2D eigenvalue weighted by molar-refractivity contribution is 5.82. The van der Waals surface area contributed by atoms with Gasteiger partial charge in [0, 0.05) is 11.1 Å². The standard InChI is InChI=1S/C15H11FN4O2/c16-12-4-2-1-3-9(12)13-10(7-17)14(19)20-15(11(13)8-18)22-6-5-21/h1-4,21H,5-6H2,(H2,19,20). The molecule has 1 heterocycles. The molecule has 0 aliphatic rings. The minimum Gasteiger partial charge on any atom is -0.474 e. The Kier molecular flexibility index (Phi) is 4.52. The maximum Gasteiger partial charge on any atom is 0.234 e. The summed E-state index contributed by atoms with van der Waals surface area (Å²) in [5, 5.41) is 27.4. The van der Waals surface area contributed by atoms with Gasteiger partial charge >= 0.3 is 0 Å². The molecule has 22 heavy (non-hydrogen) atoms. The molecule has 0 amide bonds. The van der Waals surface area contributed by atoms with Crippen LogP contribution in [0.1, 0.15) is 11.1 Å². The van der Waals surface area contributed by atoms with Crippen molar-refractivity contribution >= 4 is 5.82 Å². The number of halogens is 1. The van der Waals surface area contributed by atoms with Crippen molar-refractivity contribution in [3.63, 3.8) is 0 Å². The lowest BCUT2D eigenvalue weighted by Crippen LogP contribution is -2.09. The van der Waals surface area contributed by atoms with Crippen LogP contribution in [0.5, 0.6) is 5.88 Å². The Morgan fingerprint density at radius 2 is 1.91 bits per heavy atom. The second-order valence-corrected chi connectivity index (χ2v) is 4.20. The van der Waals surface area contributed by atoms with Gasteiger partial charge in [0.15, 0.2) is 0 Å². The molecule has 0 spiro atoms. The number of nitrogen functional groups attached to an aromatic ring is 1. The van der Waals surface area contributed by atoms with Gasteiger partial charge in [0.05, 0.1) is 6.61 Å². The minimum atomic E-state index is -0.603. The summed E-state index contributed by atoms with van der Waals surface area (Å²) in [5.41, 5.74) is 5.59. The van der Waals surface area contributed by atoms with E-state index in [1.807, 2.05) is 12.1 Å². The van der Waals surface area contributed by atoms with Gasteiger partial charge in [-0.15, -0.1) is 0 Å². The molecule has 3 N–H and O–H groups in total. The molecule has 0 atom stereocenters. The van der Waals surface area contributed by atoms with Crippen molar-refractivity contribution in [2.24, 2.45) is 0 Å². The Morgan fingerprint density at radius 3 is 2.50 bits per heavy atom. The van der Waals surface area contributed by atoms with E-state index in [4.69, 9.17) is 15.6 Å². The quantitative estimate of drug-likeness (QED) is 0.885. The first-order valence-corrected chi connectivity index (χ1v) is 6.26. The number of pyridine rings is 1. The van der Waals surface area contributed by atoms with E-state index >= 15 is 0 Å². The molecule has 0 bridgehead atoms. The van der Waals surface area contributed by atoms with Gasteiger partial charge in [0.2, 0.25) is 5.88 Å². The maximum atomic E-state index is 14.1. The summed E-state index contributed by atoms with van der Waals surface area (Å²) < 4.78 is 19.2. The maximum absolute atomic E-state index is 14.1. The van der Waals surface area contributed by atoms with Crippen molar-refractivity contribution in [2.45, 2.75) is 0 Å². The molecular formula is C15H11FN4O2. The third kappa shape index (κ3) is 2.66. The lowest BCUT2D eigenvalue weighted by atomic mass is 9.96. The fourth-order valence-electron chi connectivity index (χ4n) is 1.98. The number of anilines is 1. The average Bonchev–Trinajstić information content (AvgIpc) is 2.52.